The molecule has 2 aromatic rings. The van der Waals surface area contributed by atoms with Crippen LogP contribution < -0.4 is 10.6 Å². The van der Waals surface area contributed by atoms with Crippen LogP contribution in [-0.2, 0) is 15.8 Å². The van der Waals surface area contributed by atoms with E-state index in [0.29, 0.717) is 0 Å². The van der Waals surface area contributed by atoms with Gasteiger partial charge in [-0.15, -0.1) is 12.4 Å². The average Bonchev–Trinajstić information content (AvgIpc) is 2.64. The Kier molecular flexibility index (Phi) is 8.78. The molecule has 0 aliphatic rings. The summed E-state index contributed by atoms with van der Waals surface area (Å²) in [6, 6.07) is 13.8. The van der Waals surface area contributed by atoms with Crippen LogP contribution in [0, 0.1) is 0 Å². The van der Waals surface area contributed by atoms with Crippen molar-refractivity contribution in [2.75, 3.05) is 30.3 Å². The molecule has 0 spiro atoms. The molecule has 0 saturated carbocycles. The van der Waals surface area contributed by atoms with Crippen LogP contribution in [-0.4, -0.2) is 36.3 Å². The van der Waals surface area contributed by atoms with E-state index in [-0.39, 0.29) is 43.6 Å². The summed E-state index contributed by atoms with van der Waals surface area (Å²) < 4.78 is 39.0. The van der Waals surface area contributed by atoms with Crippen molar-refractivity contribution in [2.24, 2.45) is 0 Å². The molecule has 0 heterocycles. The second-order valence-electron chi connectivity index (χ2n) is 5.72. The number of hydrogen-bond donors (Lipinski definition) is 2. The summed E-state index contributed by atoms with van der Waals surface area (Å²) in [5, 5.41) is 5.18. The number of nitrogens with one attached hydrogen (secondary N) is 2. The first-order valence-corrected chi connectivity index (χ1v) is 8.34. The Morgan fingerprint density at radius 1 is 1.00 bits per heavy atom. The van der Waals surface area contributed by atoms with Gasteiger partial charge in [0.15, 0.2) is 0 Å². The summed E-state index contributed by atoms with van der Waals surface area (Å²) in [5.41, 5.74) is -0.509. The van der Waals surface area contributed by atoms with Gasteiger partial charge in [0.2, 0.25) is 11.8 Å². The molecule has 2 rings (SSSR count). The number of rotatable bonds is 7. The van der Waals surface area contributed by atoms with Gasteiger partial charge in [-0.2, -0.15) is 13.2 Å². The molecule has 0 radical (unpaired) electrons. The van der Waals surface area contributed by atoms with Gasteiger partial charge in [-0.3, -0.25) is 9.59 Å². The number of carbonyl (C=O) groups is 2. The fourth-order valence-corrected chi connectivity index (χ4v) is 2.42. The highest BCUT2D eigenvalue weighted by Gasteiger charge is 2.33. The highest BCUT2D eigenvalue weighted by molar-refractivity contribution is 5.95. The quantitative estimate of drug-likeness (QED) is 0.717. The van der Waals surface area contributed by atoms with Gasteiger partial charge in [-0.1, -0.05) is 30.3 Å². The van der Waals surface area contributed by atoms with Gasteiger partial charge in [-0.25, -0.2) is 0 Å². The van der Waals surface area contributed by atoms with Crippen LogP contribution in [0.15, 0.2) is 54.6 Å². The minimum Gasteiger partial charge on any atom is -0.376 e. The van der Waals surface area contributed by atoms with Crippen LogP contribution in [0.5, 0.6) is 0 Å². The van der Waals surface area contributed by atoms with Crippen molar-refractivity contribution < 1.29 is 22.8 Å². The lowest BCUT2D eigenvalue weighted by atomic mass is 10.1. The molecular formula is C19H21ClF3N3O2. The first-order valence-electron chi connectivity index (χ1n) is 8.34. The van der Waals surface area contributed by atoms with Gasteiger partial charge < -0.3 is 15.5 Å². The van der Waals surface area contributed by atoms with Crippen molar-refractivity contribution in [3.05, 3.63) is 60.2 Å². The smallest absolute Gasteiger partial charge is 0.376 e. The average molecular weight is 416 g/mol. The van der Waals surface area contributed by atoms with Crippen molar-refractivity contribution in [1.82, 2.24) is 4.90 Å². The lowest BCUT2D eigenvalue weighted by molar-refractivity contribution is -0.137. The number of alkyl halides is 3. The number of likely N-dealkylation sites (N-methyl/N-ethyl adjacent to an activating group) is 1. The molecule has 0 saturated heterocycles. The van der Waals surface area contributed by atoms with Crippen molar-refractivity contribution in [2.45, 2.75) is 13.1 Å². The number of anilines is 2. The lowest BCUT2D eigenvalue weighted by Gasteiger charge is -2.21. The largest absolute Gasteiger partial charge is 0.418 e. The maximum atomic E-state index is 13.0. The Labute approximate surface area is 167 Å². The van der Waals surface area contributed by atoms with E-state index in [2.05, 4.69) is 10.6 Å². The van der Waals surface area contributed by atoms with E-state index in [4.69, 9.17) is 0 Å². The number of nitrogens with zero attached hydrogens (tertiary/aromatic N) is 1. The fourth-order valence-electron chi connectivity index (χ4n) is 2.42. The minimum absolute atomic E-state index is 0. The second-order valence-corrected chi connectivity index (χ2v) is 5.72. The zero-order valence-corrected chi connectivity index (χ0v) is 15.9. The number of amides is 2. The molecule has 2 N–H and O–H groups in total. The van der Waals surface area contributed by atoms with Crippen LogP contribution in [0.2, 0.25) is 0 Å². The SMILES string of the molecule is CCN(CC(=O)Nc1ccccc1C(F)(F)F)C(=O)CNc1ccccc1.Cl. The summed E-state index contributed by atoms with van der Waals surface area (Å²) in [5.74, 6) is -1.03. The van der Waals surface area contributed by atoms with E-state index < -0.39 is 17.6 Å². The Bertz CT molecular complexity index is 785. The maximum absolute atomic E-state index is 13.0. The Morgan fingerprint density at radius 2 is 1.61 bits per heavy atom. The zero-order valence-electron chi connectivity index (χ0n) is 15.1. The van der Waals surface area contributed by atoms with E-state index >= 15 is 0 Å². The number of hydrogen-bond acceptors (Lipinski definition) is 3. The predicted molar refractivity (Wildman–Crippen MR) is 105 cm³/mol. The Hall–Kier alpha value is -2.74. The highest BCUT2D eigenvalue weighted by atomic mass is 35.5. The fraction of sp³-hybridized carbons (Fsp3) is 0.263. The monoisotopic (exact) mass is 415 g/mol. The molecule has 152 valence electrons. The summed E-state index contributed by atoms with van der Waals surface area (Å²) in [6.07, 6.45) is -4.58. The molecule has 0 unspecified atom stereocenters. The van der Waals surface area contributed by atoms with Gasteiger partial charge in [0.25, 0.3) is 0 Å². The van der Waals surface area contributed by atoms with Crippen molar-refractivity contribution >= 4 is 35.6 Å². The topological polar surface area (TPSA) is 61.4 Å². The third kappa shape index (κ3) is 6.77. The van der Waals surface area contributed by atoms with Gasteiger partial charge >= 0.3 is 6.18 Å². The summed E-state index contributed by atoms with van der Waals surface area (Å²) in [7, 11) is 0. The molecule has 0 atom stereocenters. The molecule has 9 heteroatoms. The van der Waals surface area contributed by atoms with Gasteiger partial charge in [0, 0.05) is 12.2 Å². The third-order valence-corrected chi connectivity index (χ3v) is 3.79. The molecular weight excluding hydrogens is 395 g/mol. The molecule has 0 fully saturated rings. The summed E-state index contributed by atoms with van der Waals surface area (Å²) in [4.78, 5) is 25.7. The molecule has 28 heavy (non-hydrogen) atoms. The lowest BCUT2D eigenvalue weighted by Crippen LogP contribution is -2.40. The molecule has 2 amide bonds. The molecule has 0 bridgehead atoms. The molecule has 0 aliphatic heterocycles. The van der Waals surface area contributed by atoms with Gasteiger partial charge in [0.1, 0.15) is 0 Å². The van der Waals surface area contributed by atoms with Gasteiger partial charge in [-0.05, 0) is 31.2 Å². The number of benzene rings is 2. The molecule has 0 aliphatic carbocycles. The van der Waals surface area contributed by atoms with Crippen LogP contribution >= 0.6 is 12.4 Å². The molecule has 5 nitrogen and oxygen atoms in total. The normalized spacial score (nSPS) is 10.6. The van der Waals surface area contributed by atoms with Crippen LogP contribution in [0.1, 0.15) is 12.5 Å². The predicted octanol–water partition coefficient (Wildman–Crippen LogP) is 4.03. The highest BCUT2D eigenvalue weighted by Crippen LogP contribution is 2.34. The first kappa shape index (κ1) is 23.3. The van der Waals surface area contributed by atoms with E-state index in [1.54, 1.807) is 19.1 Å². The number of halogens is 4. The summed E-state index contributed by atoms with van der Waals surface area (Å²) >= 11 is 0. The van der Waals surface area contributed by atoms with Crippen molar-refractivity contribution in [3.8, 4) is 0 Å². The molecule has 0 aromatic heterocycles. The Morgan fingerprint density at radius 3 is 2.21 bits per heavy atom. The second kappa shape index (κ2) is 10.6. The van der Waals surface area contributed by atoms with Crippen LogP contribution in [0.4, 0.5) is 24.5 Å². The van der Waals surface area contributed by atoms with E-state index in [1.165, 1.54) is 23.1 Å². The standard InChI is InChI=1S/C19H20F3N3O2.ClH/c1-2-25(18(27)12-23-14-8-4-3-5-9-14)13-17(26)24-16-11-7-6-10-15(16)19(20,21)22;/h3-11,23H,2,12-13H2,1H3,(H,24,26);1H. The maximum Gasteiger partial charge on any atom is 0.418 e. The van der Waals surface area contributed by atoms with Gasteiger partial charge in [0.05, 0.1) is 24.3 Å². The molecule has 2 aromatic carbocycles. The van der Waals surface area contributed by atoms with Crippen LogP contribution in [0.25, 0.3) is 0 Å². The van der Waals surface area contributed by atoms with Crippen molar-refractivity contribution in [1.29, 1.82) is 0 Å². The first-order chi connectivity index (χ1) is 12.8. The third-order valence-electron chi connectivity index (χ3n) is 3.79. The summed E-state index contributed by atoms with van der Waals surface area (Å²) in [6.45, 7) is 1.59. The zero-order chi connectivity index (χ0) is 19.9. The van der Waals surface area contributed by atoms with E-state index in [1.807, 2.05) is 18.2 Å². The minimum atomic E-state index is -4.58. The van der Waals surface area contributed by atoms with E-state index in [0.717, 1.165) is 11.8 Å². The van der Waals surface area contributed by atoms with E-state index in [9.17, 15) is 22.8 Å². The van der Waals surface area contributed by atoms with Crippen molar-refractivity contribution in [3.63, 3.8) is 0 Å². The number of para-hydroxylation sites is 2. The van der Waals surface area contributed by atoms with Crippen LogP contribution in [0.3, 0.4) is 0 Å². The number of carbonyl (C=O) groups excluding carboxylic acids is 2. The Balaban J connectivity index is 0.00000392.